The number of ether oxygens (including phenoxy) is 2. The first kappa shape index (κ1) is 33.4. The highest BCUT2D eigenvalue weighted by Gasteiger charge is 2.31. The Bertz CT molecular complexity index is 1370. The van der Waals surface area contributed by atoms with E-state index in [4.69, 9.17) is 20.0 Å². The fourth-order valence-corrected chi connectivity index (χ4v) is 5.00. The van der Waals surface area contributed by atoms with Gasteiger partial charge in [-0.15, -0.1) is 0 Å². The summed E-state index contributed by atoms with van der Waals surface area (Å²) in [7, 11) is 3.34. The lowest BCUT2D eigenvalue weighted by molar-refractivity contribution is -0.137. The first-order chi connectivity index (χ1) is 20.3. The molecule has 3 rings (SSSR count). The van der Waals surface area contributed by atoms with Gasteiger partial charge in [0, 0.05) is 50.3 Å². The third kappa shape index (κ3) is 8.03. The lowest BCUT2D eigenvalue weighted by Gasteiger charge is -2.30. The molecule has 1 amide bonds. The van der Waals surface area contributed by atoms with Crippen molar-refractivity contribution in [2.75, 3.05) is 52.0 Å². The Hall–Kier alpha value is -4.15. The number of rotatable bonds is 15. The number of carbonyl (C=O) groups excluding carboxylic acids is 2. The zero-order chi connectivity index (χ0) is 31.9. The maximum Gasteiger partial charge on any atom is 0.303 e. The van der Waals surface area contributed by atoms with Gasteiger partial charge in [0.2, 0.25) is 0 Å². The van der Waals surface area contributed by atoms with E-state index < -0.39 is 18.1 Å². The van der Waals surface area contributed by atoms with Crippen molar-refractivity contribution in [2.45, 2.75) is 58.9 Å². The van der Waals surface area contributed by atoms with Crippen LogP contribution in [0.4, 0.5) is 10.1 Å². The zero-order valence-corrected chi connectivity index (χ0v) is 25.9. The van der Waals surface area contributed by atoms with Crippen LogP contribution >= 0.6 is 0 Å². The maximum absolute atomic E-state index is 13.8. The number of benzene rings is 2. The number of anilines is 1. The number of amides is 1. The molecule has 1 aliphatic rings. The molecule has 0 atom stereocenters. The molecule has 11 heteroatoms. The number of ketones is 1. The topological polar surface area (TPSA) is 132 Å². The normalized spacial score (nSPS) is 12.6. The second-order valence-electron chi connectivity index (χ2n) is 11.6. The number of hydrogen-bond acceptors (Lipinski definition) is 7. The van der Waals surface area contributed by atoms with Gasteiger partial charge in [-0.2, -0.15) is 0 Å². The minimum atomic E-state index is -0.908. The minimum Gasteiger partial charge on any atom is -0.493 e. The van der Waals surface area contributed by atoms with Gasteiger partial charge < -0.3 is 29.7 Å². The van der Waals surface area contributed by atoms with E-state index in [1.165, 1.54) is 7.05 Å². The van der Waals surface area contributed by atoms with Crippen molar-refractivity contribution in [2.24, 2.45) is 0 Å². The van der Waals surface area contributed by atoms with Crippen LogP contribution in [0.15, 0.2) is 24.3 Å². The summed E-state index contributed by atoms with van der Waals surface area (Å²) in [5, 5.41) is 20.4. The SMILES string of the molecule is CCOc1cc2c(cc1C(=O)NC)C(=N)N(CC(=O)c1cc(N(C)CCCF)c(OCCCC(=O)O)c(C(C)(C)C)c1)C2. The van der Waals surface area contributed by atoms with Crippen LogP contribution in [0, 0.1) is 5.41 Å². The molecule has 1 aliphatic heterocycles. The van der Waals surface area contributed by atoms with Crippen molar-refractivity contribution in [3.8, 4) is 11.5 Å². The first-order valence-corrected chi connectivity index (χ1v) is 14.5. The van der Waals surface area contributed by atoms with Crippen LogP contribution < -0.4 is 19.7 Å². The molecule has 0 spiro atoms. The molecule has 0 aromatic heterocycles. The number of Topliss-reactive ketones (excluding diaryl/α,β-unsaturated/α-hetero) is 1. The van der Waals surface area contributed by atoms with Crippen molar-refractivity contribution < 1.29 is 33.4 Å². The van der Waals surface area contributed by atoms with Gasteiger partial charge in [-0.1, -0.05) is 20.8 Å². The molecule has 234 valence electrons. The van der Waals surface area contributed by atoms with Crippen LogP contribution in [0.25, 0.3) is 0 Å². The molecular weight excluding hydrogens is 555 g/mol. The van der Waals surface area contributed by atoms with E-state index in [1.807, 2.05) is 39.6 Å². The van der Waals surface area contributed by atoms with E-state index >= 15 is 0 Å². The number of fused-ring (bicyclic) bond motifs is 1. The van der Waals surface area contributed by atoms with Crippen molar-refractivity contribution in [1.82, 2.24) is 10.2 Å². The Morgan fingerprint density at radius 2 is 1.86 bits per heavy atom. The van der Waals surface area contributed by atoms with E-state index in [2.05, 4.69) is 5.32 Å². The van der Waals surface area contributed by atoms with E-state index in [1.54, 1.807) is 29.2 Å². The number of alkyl halides is 1. The number of aliphatic carboxylic acids is 1. The van der Waals surface area contributed by atoms with Crippen LogP contribution in [0.3, 0.4) is 0 Å². The second kappa shape index (κ2) is 14.3. The predicted molar refractivity (Wildman–Crippen MR) is 164 cm³/mol. The summed E-state index contributed by atoms with van der Waals surface area (Å²) in [6, 6.07) is 6.92. The molecule has 0 unspecified atom stereocenters. The highest BCUT2D eigenvalue weighted by atomic mass is 19.1. The molecule has 43 heavy (non-hydrogen) atoms. The molecule has 0 fully saturated rings. The summed E-state index contributed by atoms with van der Waals surface area (Å²) >= 11 is 0. The Labute approximate surface area is 252 Å². The third-order valence-electron chi connectivity index (χ3n) is 7.26. The number of nitrogens with one attached hydrogen (secondary N) is 2. The average molecular weight is 599 g/mol. The average Bonchev–Trinajstić information content (AvgIpc) is 3.25. The van der Waals surface area contributed by atoms with Gasteiger partial charge in [0.1, 0.15) is 17.3 Å². The number of hydrogen-bond donors (Lipinski definition) is 3. The standard InChI is InChI=1S/C32H43FN4O6/c1-7-42-27-16-21-18-37(30(34)22(21)17-23(27)31(41)35-5)19-26(38)20-14-24(32(2,3)4)29(43-13-8-10-28(39)40)25(15-20)36(6)12-9-11-33/h14-17,34H,7-13,18-19H2,1-6H3,(H,35,41)(H,39,40). The number of nitrogens with zero attached hydrogens (tertiary/aromatic N) is 2. The molecule has 3 N–H and O–H groups in total. The fraction of sp³-hybridized carbons (Fsp3) is 0.500. The summed E-state index contributed by atoms with van der Waals surface area (Å²) in [6.07, 6.45) is 0.579. The number of carboxylic acids is 1. The van der Waals surface area contributed by atoms with E-state index in [9.17, 15) is 18.8 Å². The van der Waals surface area contributed by atoms with E-state index in [0.717, 1.165) is 11.1 Å². The highest BCUT2D eigenvalue weighted by molar-refractivity contribution is 6.08. The maximum atomic E-state index is 13.8. The Balaban J connectivity index is 1.96. The summed E-state index contributed by atoms with van der Waals surface area (Å²) in [5.74, 6) is -0.325. The lowest BCUT2D eigenvalue weighted by Crippen LogP contribution is -2.31. The molecule has 1 heterocycles. The molecule has 0 radical (unpaired) electrons. The van der Waals surface area contributed by atoms with Gasteiger partial charge in [0.25, 0.3) is 5.91 Å². The van der Waals surface area contributed by atoms with Gasteiger partial charge >= 0.3 is 5.97 Å². The van der Waals surface area contributed by atoms with Crippen LogP contribution in [0.1, 0.15) is 84.4 Å². The minimum absolute atomic E-state index is 0.0324. The van der Waals surface area contributed by atoms with Crippen molar-refractivity contribution in [3.05, 3.63) is 52.1 Å². The Morgan fingerprint density at radius 3 is 2.47 bits per heavy atom. The second-order valence-corrected chi connectivity index (χ2v) is 11.6. The summed E-state index contributed by atoms with van der Waals surface area (Å²) in [5.41, 5.74) is 3.08. The van der Waals surface area contributed by atoms with Gasteiger partial charge in [0.15, 0.2) is 5.78 Å². The van der Waals surface area contributed by atoms with Crippen molar-refractivity contribution in [3.63, 3.8) is 0 Å². The van der Waals surface area contributed by atoms with Crippen molar-refractivity contribution in [1.29, 1.82) is 5.41 Å². The number of carbonyl (C=O) groups is 3. The molecule has 0 saturated heterocycles. The largest absolute Gasteiger partial charge is 0.493 e. The molecule has 2 aromatic rings. The predicted octanol–water partition coefficient (Wildman–Crippen LogP) is 4.81. The van der Waals surface area contributed by atoms with Crippen LogP contribution in [0.5, 0.6) is 11.5 Å². The molecule has 0 bridgehead atoms. The Kier molecular flexibility index (Phi) is 11.1. The zero-order valence-electron chi connectivity index (χ0n) is 25.9. The quantitative estimate of drug-likeness (QED) is 0.197. The highest BCUT2D eigenvalue weighted by Crippen LogP contribution is 2.41. The van der Waals surface area contributed by atoms with Gasteiger partial charge in [-0.25, -0.2) is 0 Å². The monoisotopic (exact) mass is 598 g/mol. The molecular formula is C32H43FN4O6. The molecule has 0 saturated carbocycles. The fourth-order valence-electron chi connectivity index (χ4n) is 5.00. The molecule has 0 aliphatic carbocycles. The van der Waals surface area contributed by atoms with E-state index in [0.29, 0.717) is 66.4 Å². The lowest BCUT2D eigenvalue weighted by atomic mass is 9.84. The number of halogens is 1. The summed E-state index contributed by atoms with van der Waals surface area (Å²) in [6.45, 7) is 8.53. The van der Waals surface area contributed by atoms with Gasteiger partial charge in [-0.3, -0.25) is 24.2 Å². The Morgan fingerprint density at radius 1 is 1.14 bits per heavy atom. The molecule has 2 aromatic carbocycles. The van der Waals surface area contributed by atoms with Crippen LogP contribution in [-0.4, -0.2) is 80.6 Å². The van der Waals surface area contributed by atoms with Gasteiger partial charge in [0.05, 0.1) is 37.7 Å². The number of amidine groups is 1. The molecule has 10 nitrogen and oxygen atoms in total. The third-order valence-corrected chi connectivity index (χ3v) is 7.26. The smallest absolute Gasteiger partial charge is 0.303 e. The van der Waals surface area contributed by atoms with Crippen molar-refractivity contribution >= 4 is 29.2 Å². The number of carboxylic acid groups (broad SMARTS) is 1. The van der Waals surface area contributed by atoms with Crippen LogP contribution in [-0.2, 0) is 16.8 Å². The summed E-state index contributed by atoms with van der Waals surface area (Å²) < 4.78 is 24.9. The van der Waals surface area contributed by atoms with E-state index in [-0.39, 0.29) is 37.1 Å². The van der Waals surface area contributed by atoms with Gasteiger partial charge in [-0.05, 0) is 55.0 Å². The first-order valence-electron chi connectivity index (χ1n) is 14.5. The van der Waals surface area contributed by atoms with Crippen LogP contribution in [0.2, 0.25) is 0 Å². The summed E-state index contributed by atoms with van der Waals surface area (Å²) in [4.78, 5) is 40.8.